The van der Waals surface area contributed by atoms with Crippen molar-refractivity contribution in [2.45, 2.75) is 18.9 Å². The largest absolute Gasteiger partial charge is 0.480 e. The lowest BCUT2D eigenvalue weighted by molar-refractivity contribution is -0.141. The lowest BCUT2D eigenvalue weighted by atomic mass is 10.2. The van der Waals surface area contributed by atoms with Gasteiger partial charge in [0.25, 0.3) is 0 Å². The second-order valence-corrected chi connectivity index (χ2v) is 4.34. The Kier molecular flexibility index (Phi) is 9.90. The lowest BCUT2D eigenvalue weighted by Gasteiger charge is -2.24. The number of rotatable bonds is 11. The summed E-state index contributed by atoms with van der Waals surface area (Å²) in [4.78, 5) is 35.2. The molecule has 0 unspecified atom stereocenters. The summed E-state index contributed by atoms with van der Waals surface area (Å²) in [5, 5.41) is 11.2. The number of carboxylic acid groups (broad SMARTS) is 1. The van der Waals surface area contributed by atoms with Gasteiger partial charge in [-0.15, -0.1) is 0 Å². The number of nitrogens with two attached hydrogens (primary N) is 1. The number of primary amides is 1. The molecule has 0 aliphatic carbocycles. The number of carbonyl (C=O) groups is 3. The molecule has 0 saturated heterocycles. The van der Waals surface area contributed by atoms with Crippen molar-refractivity contribution in [3.05, 3.63) is 0 Å². The number of aliphatic carboxylic acids is 1. The zero-order chi connectivity index (χ0) is 16.3. The maximum absolute atomic E-state index is 12.0. The number of urea groups is 1. The molecule has 0 saturated carbocycles. The summed E-state index contributed by atoms with van der Waals surface area (Å²) < 4.78 is 9.81. The van der Waals surface area contributed by atoms with Gasteiger partial charge in [0.1, 0.15) is 6.04 Å². The standard InChI is InChI=1S/C12H23N3O6/c1-20-6-3-4-15(5-7-21-2)12(19)14-9(11(17)18)8-10(13)16/h9H,3-8H2,1-2H3,(H2,13,16)(H,14,19)(H,17,18)/t9-/m1/s1. The third kappa shape index (κ3) is 8.82. The average molecular weight is 305 g/mol. The first-order valence-corrected chi connectivity index (χ1v) is 6.46. The number of amides is 3. The summed E-state index contributed by atoms with van der Waals surface area (Å²) >= 11 is 0. The molecule has 0 aromatic carbocycles. The molecule has 0 spiro atoms. The van der Waals surface area contributed by atoms with E-state index < -0.39 is 30.4 Å². The van der Waals surface area contributed by atoms with Crippen LogP contribution in [0.1, 0.15) is 12.8 Å². The zero-order valence-corrected chi connectivity index (χ0v) is 12.3. The fourth-order valence-electron chi connectivity index (χ4n) is 1.56. The highest BCUT2D eigenvalue weighted by Crippen LogP contribution is 1.98. The highest BCUT2D eigenvalue weighted by atomic mass is 16.5. The third-order valence-electron chi connectivity index (χ3n) is 2.63. The van der Waals surface area contributed by atoms with E-state index in [2.05, 4.69) is 5.32 Å². The fraction of sp³-hybridized carbons (Fsp3) is 0.750. The van der Waals surface area contributed by atoms with Crippen LogP contribution in [0.4, 0.5) is 4.79 Å². The van der Waals surface area contributed by atoms with Gasteiger partial charge < -0.3 is 30.5 Å². The van der Waals surface area contributed by atoms with Crippen molar-refractivity contribution in [3.63, 3.8) is 0 Å². The summed E-state index contributed by atoms with van der Waals surface area (Å²) in [6.45, 7) is 1.47. The molecular formula is C12H23N3O6. The predicted octanol–water partition coefficient (Wildman–Crippen LogP) is -0.990. The molecule has 0 bridgehead atoms. The van der Waals surface area contributed by atoms with Crippen molar-refractivity contribution in [1.82, 2.24) is 10.2 Å². The van der Waals surface area contributed by atoms with Crippen LogP contribution >= 0.6 is 0 Å². The summed E-state index contributed by atoms with van der Waals surface area (Å²) in [7, 11) is 3.05. The first-order chi connectivity index (χ1) is 9.92. The Labute approximate surface area is 123 Å². The molecule has 9 heteroatoms. The van der Waals surface area contributed by atoms with Crippen LogP contribution in [0.3, 0.4) is 0 Å². The number of hydrogen-bond acceptors (Lipinski definition) is 5. The van der Waals surface area contributed by atoms with Gasteiger partial charge in [0.05, 0.1) is 13.0 Å². The van der Waals surface area contributed by atoms with Gasteiger partial charge in [-0.2, -0.15) is 0 Å². The second-order valence-electron chi connectivity index (χ2n) is 4.34. The van der Waals surface area contributed by atoms with Gasteiger partial charge >= 0.3 is 12.0 Å². The van der Waals surface area contributed by atoms with Gasteiger partial charge in [0.15, 0.2) is 0 Å². The van der Waals surface area contributed by atoms with Crippen LogP contribution in [0.5, 0.6) is 0 Å². The number of carboxylic acids is 1. The van der Waals surface area contributed by atoms with Gasteiger partial charge in [-0.1, -0.05) is 0 Å². The summed E-state index contributed by atoms with van der Waals surface area (Å²) in [6, 6.07) is -1.93. The molecule has 0 aliphatic heterocycles. The Morgan fingerprint density at radius 1 is 1.19 bits per heavy atom. The van der Waals surface area contributed by atoms with E-state index in [0.717, 1.165) is 0 Å². The molecule has 0 aliphatic rings. The molecule has 122 valence electrons. The molecule has 9 nitrogen and oxygen atoms in total. The highest BCUT2D eigenvalue weighted by molar-refractivity contribution is 5.87. The molecule has 0 rings (SSSR count). The van der Waals surface area contributed by atoms with Crippen LogP contribution in [0.15, 0.2) is 0 Å². The van der Waals surface area contributed by atoms with Crippen LogP contribution in [-0.2, 0) is 19.1 Å². The van der Waals surface area contributed by atoms with E-state index in [0.29, 0.717) is 32.7 Å². The molecule has 0 aromatic heterocycles. The Bertz CT molecular complexity index is 350. The molecule has 1 atom stereocenters. The molecule has 0 radical (unpaired) electrons. The Hall–Kier alpha value is -1.87. The van der Waals surface area contributed by atoms with E-state index in [4.69, 9.17) is 20.3 Å². The lowest BCUT2D eigenvalue weighted by Crippen LogP contribution is -2.50. The SMILES string of the molecule is COCCCN(CCOC)C(=O)N[C@H](CC(N)=O)C(=O)O. The van der Waals surface area contributed by atoms with E-state index in [9.17, 15) is 14.4 Å². The molecule has 21 heavy (non-hydrogen) atoms. The van der Waals surface area contributed by atoms with Gasteiger partial charge in [-0.05, 0) is 6.42 Å². The Morgan fingerprint density at radius 3 is 2.29 bits per heavy atom. The number of methoxy groups -OCH3 is 2. The first kappa shape index (κ1) is 19.1. The predicted molar refractivity (Wildman–Crippen MR) is 73.7 cm³/mol. The van der Waals surface area contributed by atoms with Crippen molar-refractivity contribution >= 4 is 17.9 Å². The number of nitrogens with one attached hydrogen (secondary N) is 1. The van der Waals surface area contributed by atoms with Crippen LogP contribution in [0.2, 0.25) is 0 Å². The van der Waals surface area contributed by atoms with E-state index in [1.54, 1.807) is 7.11 Å². The normalized spacial score (nSPS) is 11.7. The van der Waals surface area contributed by atoms with Crippen LogP contribution in [-0.4, -0.2) is 74.5 Å². The van der Waals surface area contributed by atoms with E-state index in [-0.39, 0.29) is 0 Å². The van der Waals surface area contributed by atoms with E-state index in [1.807, 2.05) is 0 Å². The fourth-order valence-corrected chi connectivity index (χ4v) is 1.56. The zero-order valence-electron chi connectivity index (χ0n) is 12.3. The minimum absolute atomic E-state index is 0.301. The molecular weight excluding hydrogens is 282 g/mol. The quantitative estimate of drug-likeness (QED) is 0.420. The number of carbonyl (C=O) groups excluding carboxylic acids is 2. The molecule has 4 N–H and O–H groups in total. The smallest absolute Gasteiger partial charge is 0.326 e. The summed E-state index contributed by atoms with van der Waals surface area (Å²) in [6.07, 6.45) is 0.137. The Morgan fingerprint density at radius 2 is 1.81 bits per heavy atom. The average Bonchev–Trinajstić information content (AvgIpc) is 2.41. The Balaban J connectivity index is 4.59. The van der Waals surface area contributed by atoms with E-state index >= 15 is 0 Å². The van der Waals surface area contributed by atoms with Crippen LogP contribution in [0, 0.1) is 0 Å². The maximum atomic E-state index is 12.0. The minimum Gasteiger partial charge on any atom is -0.480 e. The molecule has 3 amide bonds. The topological polar surface area (TPSA) is 131 Å². The van der Waals surface area contributed by atoms with Crippen LogP contribution in [0.25, 0.3) is 0 Å². The number of nitrogens with zero attached hydrogens (tertiary/aromatic N) is 1. The van der Waals surface area contributed by atoms with Crippen molar-refractivity contribution in [2.75, 3.05) is 40.5 Å². The molecule has 0 heterocycles. The molecule has 0 aromatic rings. The third-order valence-corrected chi connectivity index (χ3v) is 2.63. The van der Waals surface area contributed by atoms with Crippen molar-refractivity contribution < 1.29 is 29.0 Å². The maximum Gasteiger partial charge on any atom is 0.326 e. The van der Waals surface area contributed by atoms with Gasteiger partial charge in [-0.3, -0.25) is 4.79 Å². The van der Waals surface area contributed by atoms with Gasteiger partial charge in [-0.25, -0.2) is 9.59 Å². The highest BCUT2D eigenvalue weighted by Gasteiger charge is 2.24. The van der Waals surface area contributed by atoms with E-state index in [1.165, 1.54) is 12.0 Å². The van der Waals surface area contributed by atoms with Crippen molar-refractivity contribution in [1.29, 1.82) is 0 Å². The monoisotopic (exact) mass is 305 g/mol. The van der Waals surface area contributed by atoms with Gasteiger partial charge in [0, 0.05) is 33.9 Å². The van der Waals surface area contributed by atoms with Crippen molar-refractivity contribution in [3.8, 4) is 0 Å². The first-order valence-electron chi connectivity index (χ1n) is 6.46. The number of ether oxygens (including phenoxy) is 2. The summed E-state index contributed by atoms with van der Waals surface area (Å²) in [5.41, 5.74) is 4.96. The van der Waals surface area contributed by atoms with Gasteiger partial charge in [0.2, 0.25) is 5.91 Å². The van der Waals surface area contributed by atoms with Crippen LogP contribution < -0.4 is 11.1 Å². The molecule has 0 fully saturated rings. The minimum atomic E-state index is -1.34. The van der Waals surface area contributed by atoms with Crippen molar-refractivity contribution in [2.24, 2.45) is 5.73 Å². The summed E-state index contributed by atoms with van der Waals surface area (Å²) in [5.74, 6) is -2.11. The second kappa shape index (κ2) is 10.9. The number of hydrogen-bond donors (Lipinski definition) is 3.